The number of urea groups is 1. The normalized spacial score (nSPS) is 16.2. The average molecular weight is 359 g/mol. The van der Waals surface area contributed by atoms with Crippen LogP contribution < -0.4 is 20.1 Å². The summed E-state index contributed by atoms with van der Waals surface area (Å²) in [5.41, 5.74) is 1.38. The number of nitriles is 1. The molecule has 1 aliphatic heterocycles. The molecule has 1 aromatic rings. The molecule has 0 aliphatic carbocycles. The number of ether oxygens (including phenoxy) is 3. The number of amides is 2. The maximum atomic E-state index is 12.4. The van der Waals surface area contributed by atoms with E-state index < -0.39 is 18.0 Å². The maximum absolute atomic E-state index is 12.4. The second-order valence-corrected chi connectivity index (χ2v) is 5.38. The molecule has 26 heavy (non-hydrogen) atoms. The van der Waals surface area contributed by atoms with E-state index in [1.165, 1.54) is 0 Å². The van der Waals surface area contributed by atoms with Gasteiger partial charge < -0.3 is 24.8 Å². The van der Waals surface area contributed by atoms with Crippen LogP contribution in [0.3, 0.4) is 0 Å². The van der Waals surface area contributed by atoms with Crippen LogP contribution in [0, 0.1) is 11.3 Å². The Morgan fingerprint density at radius 2 is 2.00 bits per heavy atom. The highest BCUT2D eigenvalue weighted by molar-refractivity contribution is 5.95. The minimum Gasteiger partial charge on any atom is -0.490 e. The van der Waals surface area contributed by atoms with Crippen LogP contribution in [0.5, 0.6) is 11.5 Å². The van der Waals surface area contributed by atoms with Gasteiger partial charge in [0.25, 0.3) is 0 Å². The number of hydrogen-bond acceptors (Lipinski definition) is 6. The van der Waals surface area contributed by atoms with E-state index in [2.05, 4.69) is 10.6 Å². The predicted molar refractivity (Wildman–Crippen MR) is 92.5 cm³/mol. The Hall–Kier alpha value is -3.21. The van der Waals surface area contributed by atoms with Crippen LogP contribution in [0.4, 0.5) is 4.79 Å². The summed E-state index contributed by atoms with van der Waals surface area (Å²) in [5.74, 6) is 0.329. The summed E-state index contributed by atoms with van der Waals surface area (Å²) in [6.07, 6.45) is 0. The molecule has 0 saturated carbocycles. The van der Waals surface area contributed by atoms with Crippen LogP contribution in [0.15, 0.2) is 29.5 Å². The molecule has 8 heteroatoms. The van der Waals surface area contributed by atoms with Crippen molar-refractivity contribution < 1.29 is 23.8 Å². The molecule has 1 atom stereocenters. The summed E-state index contributed by atoms with van der Waals surface area (Å²) in [6, 6.07) is 5.83. The van der Waals surface area contributed by atoms with Crippen molar-refractivity contribution in [3.8, 4) is 17.6 Å². The Bertz CT molecular complexity index is 767. The van der Waals surface area contributed by atoms with Gasteiger partial charge in [0, 0.05) is 5.70 Å². The van der Waals surface area contributed by atoms with Crippen molar-refractivity contribution in [3.63, 3.8) is 0 Å². The Kier molecular flexibility index (Phi) is 6.44. The number of hydrogen-bond donors (Lipinski definition) is 2. The topological polar surface area (TPSA) is 110 Å². The van der Waals surface area contributed by atoms with Gasteiger partial charge in [-0.25, -0.2) is 9.59 Å². The average Bonchev–Trinajstić information content (AvgIpc) is 2.60. The van der Waals surface area contributed by atoms with Crippen molar-refractivity contribution in [3.05, 3.63) is 35.0 Å². The molecular weight excluding hydrogens is 338 g/mol. The molecule has 8 nitrogen and oxygen atoms in total. The van der Waals surface area contributed by atoms with Gasteiger partial charge in [0.2, 0.25) is 0 Å². The van der Waals surface area contributed by atoms with Crippen molar-refractivity contribution in [2.75, 3.05) is 19.8 Å². The molecule has 0 radical (unpaired) electrons. The van der Waals surface area contributed by atoms with Gasteiger partial charge in [-0.2, -0.15) is 5.26 Å². The summed E-state index contributed by atoms with van der Waals surface area (Å²) in [7, 11) is 0. The van der Waals surface area contributed by atoms with E-state index >= 15 is 0 Å². The van der Waals surface area contributed by atoms with Gasteiger partial charge in [-0.15, -0.1) is 0 Å². The smallest absolute Gasteiger partial charge is 0.338 e. The zero-order chi connectivity index (χ0) is 19.1. The van der Waals surface area contributed by atoms with Crippen molar-refractivity contribution in [2.45, 2.75) is 26.8 Å². The second kappa shape index (κ2) is 8.76. The fraction of sp³-hybridized carbons (Fsp3) is 0.389. The fourth-order valence-corrected chi connectivity index (χ4v) is 2.63. The monoisotopic (exact) mass is 359 g/mol. The third-order valence-electron chi connectivity index (χ3n) is 3.66. The van der Waals surface area contributed by atoms with Gasteiger partial charge in [0.1, 0.15) is 6.07 Å². The molecule has 2 N–H and O–H groups in total. The lowest BCUT2D eigenvalue weighted by atomic mass is 9.95. The summed E-state index contributed by atoms with van der Waals surface area (Å²) < 4.78 is 16.0. The number of esters is 1. The van der Waals surface area contributed by atoms with Gasteiger partial charge in [0.15, 0.2) is 18.1 Å². The molecule has 1 aromatic carbocycles. The minimum absolute atomic E-state index is 0.114. The summed E-state index contributed by atoms with van der Waals surface area (Å²) >= 11 is 0. The second-order valence-electron chi connectivity index (χ2n) is 5.38. The molecule has 0 saturated heterocycles. The summed E-state index contributed by atoms with van der Waals surface area (Å²) in [5, 5.41) is 14.0. The number of nitrogens with zero attached hydrogens (tertiary/aromatic N) is 1. The molecule has 0 bridgehead atoms. The summed E-state index contributed by atoms with van der Waals surface area (Å²) in [4.78, 5) is 24.3. The van der Waals surface area contributed by atoms with E-state index in [1.807, 2.05) is 13.0 Å². The first-order valence-electron chi connectivity index (χ1n) is 8.23. The summed E-state index contributed by atoms with van der Waals surface area (Å²) in [6.45, 7) is 5.68. The highest BCUT2D eigenvalue weighted by Crippen LogP contribution is 2.34. The lowest BCUT2D eigenvalue weighted by Gasteiger charge is -2.28. The van der Waals surface area contributed by atoms with E-state index in [4.69, 9.17) is 19.5 Å². The van der Waals surface area contributed by atoms with Gasteiger partial charge >= 0.3 is 12.0 Å². The van der Waals surface area contributed by atoms with Crippen LogP contribution in [0.2, 0.25) is 0 Å². The largest absolute Gasteiger partial charge is 0.490 e. The van der Waals surface area contributed by atoms with E-state index in [9.17, 15) is 9.59 Å². The first-order valence-corrected chi connectivity index (χ1v) is 8.23. The molecule has 0 unspecified atom stereocenters. The highest BCUT2D eigenvalue weighted by atomic mass is 16.5. The molecule has 1 aliphatic rings. The molecule has 0 spiro atoms. The Balaban J connectivity index is 2.44. The molecule has 2 amide bonds. The molecular formula is C18H21N3O5. The first-order chi connectivity index (χ1) is 12.5. The van der Waals surface area contributed by atoms with Crippen LogP contribution >= 0.6 is 0 Å². The standard InChI is InChI=1S/C18H21N3O5/c1-4-24-14-10-12(6-7-13(14)26-9-8-19)16-15(17(22)25-5-2)11(3)20-18(23)21-16/h6-7,10,16H,4-5,9H2,1-3H3,(H2,20,21,23)/t16-/m1/s1. The number of carbonyl (C=O) groups is 2. The fourth-order valence-electron chi connectivity index (χ4n) is 2.63. The van der Waals surface area contributed by atoms with Crippen molar-refractivity contribution in [1.82, 2.24) is 10.6 Å². The van der Waals surface area contributed by atoms with Crippen molar-refractivity contribution in [2.24, 2.45) is 0 Å². The SMILES string of the molecule is CCOC(=O)C1=C(C)NC(=O)N[C@@H]1c1ccc(OCC#N)c(OCC)c1. The van der Waals surface area contributed by atoms with Gasteiger partial charge in [0.05, 0.1) is 24.8 Å². The van der Waals surface area contributed by atoms with Crippen LogP contribution in [0.1, 0.15) is 32.4 Å². The Morgan fingerprint density at radius 1 is 1.23 bits per heavy atom. The molecule has 0 fully saturated rings. The lowest BCUT2D eigenvalue weighted by Crippen LogP contribution is -2.45. The van der Waals surface area contributed by atoms with Crippen LogP contribution in [0.25, 0.3) is 0 Å². The van der Waals surface area contributed by atoms with E-state index in [0.29, 0.717) is 34.9 Å². The number of nitrogens with one attached hydrogen (secondary N) is 2. The third-order valence-corrected chi connectivity index (χ3v) is 3.66. The van der Waals surface area contributed by atoms with Crippen molar-refractivity contribution >= 4 is 12.0 Å². The third kappa shape index (κ3) is 4.25. The van der Waals surface area contributed by atoms with Crippen LogP contribution in [-0.4, -0.2) is 31.8 Å². The Labute approximate surface area is 151 Å². The van der Waals surface area contributed by atoms with Crippen LogP contribution in [-0.2, 0) is 9.53 Å². The zero-order valence-electron chi connectivity index (χ0n) is 14.9. The molecule has 138 valence electrons. The maximum Gasteiger partial charge on any atom is 0.338 e. The number of benzene rings is 1. The number of allylic oxidation sites excluding steroid dienone is 1. The van der Waals surface area contributed by atoms with Crippen molar-refractivity contribution in [1.29, 1.82) is 5.26 Å². The number of rotatable bonds is 7. The van der Waals surface area contributed by atoms with E-state index in [-0.39, 0.29) is 13.2 Å². The quantitative estimate of drug-likeness (QED) is 0.722. The first kappa shape index (κ1) is 19.1. The number of carbonyl (C=O) groups excluding carboxylic acids is 2. The van der Waals surface area contributed by atoms with E-state index in [1.54, 1.807) is 32.0 Å². The molecule has 1 heterocycles. The van der Waals surface area contributed by atoms with E-state index in [0.717, 1.165) is 0 Å². The molecule has 2 rings (SSSR count). The molecule has 0 aromatic heterocycles. The van der Waals surface area contributed by atoms with Gasteiger partial charge in [-0.05, 0) is 38.5 Å². The predicted octanol–water partition coefficient (Wildman–Crippen LogP) is 2.18. The minimum atomic E-state index is -0.688. The van der Waals surface area contributed by atoms with Gasteiger partial charge in [-0.3, -0.25) is 0 Å². The lowest BCUT2D eigenvalue weighted by molar-refractivity contribution is -0.139. The Morgan fingerprint density at radius 3 is 2.65 bits per heavy atom. The zero-order valence-corrected chi connectivity index (χ0v) is 14.9. The highest BCUT2D eigenvalue weighted by Gasteiger charge is 2.32. The van der Waals surface area contributed by atoms with Gasteiger partial charge in [-0.1, -0.05) is 6.07 Å².